The number of benzene rings is 1. The third kappa shape index (κ3) is 2.60. The number of halogens is 1. The molecule has 1 N–H and O–H groups in total. The van der Waals surface area contributed by atoms with Crippen molar-refractivity contribution in [3.05, 3.63) is 34.1 Å². The Labute approximate surface area is 105 Å². The number of nitrogens with zero attached hydrogens (tertiary/aromatic N) is 1. The van der Waals surface area contributed by atoms with Crippen LogP contribution in [0, 0.1) is 21.3 Å². The molecule has 0 aliphatic heterocycles. The molecule has 0 amide bonds. The smallest absolute Gasteiger partial charge is 0.327 e. The summed E-state index contributed by atoms with van der Waals surface area (Å²) in [5, 5.41) is 13.9. The van der Waals surface area contributed by atoms with E-state index in [0.717, 1.165) is 18.9 Å². The van der Waals surface area contributed by atoms with Crippen LogP contribution in [0.5, 0.6) is 0 Å². The van der Waals surface area contributed by atoms with E-state index in [4.69, 9.17) is 0 Å². The number of rotatable bonds is 4. The van der Waals surface area contributed by atoms with Crippen LogP contribution in [0.1, 0.15) is 32.6 Å². The van der Waals surface area contributed by atoms with E-state index >= 15 is 0 Å². The monoisotopic (exact) mass is 252 g/mol. The molecule has 1 aromatic carbocycles. The number of hydrogen-bond donors (Lipinski definition) is 1. The van der Waals surface area contributed by atoms with Crippen molar-refractivity contribution < 1.29 is 9.31 Å². The van der Waals surface area contributed by atoms with Crippen LogP contribution in [0.2, 0.25) is 0 Å². The van der Waals surface area contributed by atoms with Gasteiger partial charge in [-0.15, -0.1) is 0 Å². The third-order valence-electron chi connectivity index (χ3n) is 3.69. The lowest BCUT2D eigenvalue weighted by atomic mass is 9.89. The fourth-order valence-corrected chi connectivity index (χ4v) is 2.56. The highest BCUT2D eigenvalue weighted by Gasteiger charge is 2.29. The van der Waals surface area contributed by atoms with Crippen LogP contribution in [0.3, 0.4) is 0 Å². The van der Waals surface area contributed by atoms with Crippen molar-refractivity contribution in [2.45, 2.75) is 32.6 Å². The Balaban J connectivity index is 2.14. The Morgan fingerprint density at radius 2 is 2.11 bits per heavy atom. The van der Waals surface area contributed by atoms with E-state index in [-0.39, 0.29) is 11.1 Å². The summed E-state index contributed by atoms with van der Waals surface area (Å²) in [7, 11) is 0. The highest BCUT2D eigenvalue weighted by molar-refractivity contribution is 5.62. The lowest BCUT2D eigenvalue weighted by Crippen LogP contribution is -2.23. The van der Waals surface area contributed by atoms with Crippen molar-refractivity contribution in [1.82, 2.24) is 0 Å². The van der Waals surface area contributed by atoms with Crippen molar-refractivity contribution in [1.29, 1.82) is 0 Å². The van der Waals surface area contributed by atoms with Crippen LogP contribution in [0.4, 0.5) is 15.8 Å². The van der Waals surface area contributed by atoms with Gasteiger partial charge in [0.25, 0.3) is 0 Å². The number of anilines is 1. The first-order valence-electron chi connectivity index (χ1n) is 6.19. The molecule has 0 saturated heterocycles. The lowest BCUT2D eigenvalue weighted by molar-refractivity contribution is -0.386. The molecule has 0 aromatic heterocycles. The summed E-state index contributed by atoms with van der Waals surface area (Å²) in [5.74, 6) is -0.790. The van der Waals surface area contributed by atoms with Gasteiger partial charge in [0.1, 0.15) is 5.69 Å². The van der Waals surface area contributed by atoms with Crippen LogP contribution in [0.25, 0.3) is 0 Å². The van der Waals surface area contributed by atoms with Crippen LogP contribution in [-0.4, -0.2) is 11.5 Å². The number of hydrogen-bond acceptors (Lipinski definition) is 3. The first kappa shape index (κ1) is 12.8. The molecule has 1 fully saturated rings. The van der Waals surface area contributed by atoms with Gasteiger partial charge in [0.2, 0.25) is 5.82 Å². The molecule has 1 aliphatic carbocycles. The molecule has 0 spiro atoms. The fraction of sp³-hybridized carbons (Fsp3) is 0.538. The Kier molecular flexibility index (Phi) is 3.50. The van der Waals surface area contributed by atoms with Crippen LogP contribution < -0.4 is 5.32 Å². The van der Waals surface area contributed by atoms with Gasteiger partial charge in [0, 0.05) is 6.54 Å². The molecule has 0 atom stereocenters. The van der Waals surface area contributed by atoms with E-state index < -0.39 is 16.4 Å². The molecule has 0 unspecified atom stereocenters. The van der Waals surface area contributed by atoms with Gasteiger partial charge in [-0.2, -0.15) is 4.39 Å². The number of para-hydroxylation sites is 1. The molecule has 0 radical (unpaired) electrons. The first-order chi connectivity index (χ1) is 8.52. The number of nitro groups is 1. The van der Waals surface area contributed by atoms with Gasteiger partial charge in [0.15, 0.2) is 0 Å². The maximum absolute atomic E-state index is 13.4. The lowest BCUT2D eigenvalue weighted by Gasteiger charge is -2.24. The van der Waals surface area contributed by atoms with Crippen molar-refractivity contribution in [2.24, 2.45) is 5.41 Å². The molecule has 0 bridgehead atoms. The summed E-state index contributed by atoms with van der Waals surface area (Å²) in [4.78, 5) is 10.2. The predicted molar refractivity (Wildman–Crippen MR) is 68.1 cm³/mol. The van der Waals surface area contributed by atoms with E-state index in [1.165, 1.54) is 18.9 Å². The average Bonchev–Trinajstić information content (AvgIpc) is 2.73. The average molecular weight is 252 g/mol. The quantitative estimate of drug-likeness (QED) is 0.656. The maximum Gasteiger partial charge on any atom is 0.327 e. The summed E-state index contributed by atoms with van der Waals surface area (Å²) >= 11 is 0. The summed E-state index contributed by atoms with van der Waals surface area (Å²) in [6, 6.07) is 4.15. The predicted octanol–water partition coefficient (Wildman–Crippen LogP) is 3.73. The minimum absolute atomic E-state index is 0.167. The molecule has 4 nitrogen and oxygen atoms in total. The number of nitrogens with one attached hydrogen (secondary N) is 1. The van der Waals surface area contributed by atoms with E-state index in [1.807, 2.05) is 0 Å². The molecule has 98 valence electrons. The van der Waals surface area contributed by atoms with Crippen LogP contribution in [0.15, 0.2) is 18.2 Å². The first-order valence-corrected chi connectivity index (χ1v) is 6.19. The Morgan fingerprint density at radius 3 is 2.72 bits per heavy atom. The maximum atomic E-state index is 13.4. The van der Waals surface area contributed by atoms with Gasteiger partial charge < -0.3 is 5.32 Å². The molecule has 1 aliphatic rings. The molecule has 1 aromatic rings. The van der Waals surface area contributed by atoms with Gasteiger partial charge in [-0.1, -0.05) is 25.8 Å². The van der Waals surface area contributed by atoms with Crippen molar-refractivity contribution in [3.8, 4) is 0 Å². The van der Waals surface area contributed by atoms with E-state index in [9.17, 15) is 14.5 Å². The fourth-order valence-electron chi connectivity index (χ4n) is 2.56. The Morgan fingerprint density at radius 1 is 1.44 bits per heavy atom. The zero-order valence-electron chi connectivity index (χ0n) is 10.4. The zero-order valence-corrected chi connectivity index (χ0v) is 10.4. The Hall–Kier alpha value is -1.65. The molecular formula is C13H17FN2O2. The standard InChI is InChI=1S/C13H17FN2O2/c1-13(7-2-3-8-13)9-15-11-6-4-5-10(14)12(11)16(17)18/h4-6,15H,2-3,7-9H2,1H3. The van der Waals surface area contributed by atoms with Crippen LogP contribution >= 0.6 is 0 Å². The van der Waals surface area contributed by atoms with E-state index in [2.05, 4.69) is 12.2 Å². The van der Waals surface area contributed by atoms with Crippen LogP contribution in [-0.2, 0) is 0 Å². The van der Waals surface area contributed by atoms with Gasteiger partial charge in [-0.3, -0.25) is 10.1 Å². The molecule has 2 rings (SSSR count). The van der Waals surface area contributed by atoms with E-state index in [0.29, 0.717) is 6.54 Å². The van der Waals surface area contributed by atoms with Crippen molar-refractivity contribution >= 4 is 11.4 Å². The normalized spacial score (nSPS) is 17.7. The molecule has 1 saturated carbocycles. The highest BCUT2D eigenvalue weighted by atomic mass is 19.1. The largest absolute Gasteiger partial charge is 0.379 e. The van der Waals surface area contributed by atoms with Gasteiger partial charge >= 0.3 is 5.69 Å². The molecule has 18 heavy (non-hydrogen) atoms. The second-order valence-corrected chi connectivity index (χ2v) is 5.26. The minimum atomic E-state index is -0.790. The van der Waals surface area contributed by atoms with Gasteiger partial charge in [-0.25, -0.2) is 0 Å². The second-order valence-electron chi connectivity index (χ2n) is 5.26. The highest BCUT2D eigenvalue weighted by Crippen LogP contribution is 2.38. The molecule has 0 heterocycles. The van der Waals surface area contributed by atoms with Crippen molar-refractivity contribution in [3.63, 3.8) is 0 Å². The minimum Gasteiger partial charge on any atom is -0.379 e. The Bertz CT molecular complexity index is 456. The van der Waals surface area contributed by atoms with Gasteiger partial charge in [0.05, 0.1) is 4.92 Å². The second kappa shape index (κ2) is 4.92. The topological polar surface area (TPSA) is 55.2 Å². The zero-order chi connectivity index (χ0) is 13.2. The number of nitro benzene ring substituents is 1. The van der Waals surface area contributed by atoms with Crippen molar-refractivity contribution in [2.75, 3.05) is 11.9 Å². The SMILES string of the molecule is CC1(CNc2cccc(F)c2[N+](=O)[O-])CCCC1. The third-order valence-corrected chi connectivity index (χ3v) is 3.69. The van der Waals surface area contributed by atoms with E-state index in [1.54, 1.807) is 6.07 Å². The molecule has 5 heteroatoms. The summed E-state index contributed by atoms with van der Waals surface area (Å²) in [6.07, 6.45) is 4.62. The summed E-state index contributed by atoms with van der Waals surface area (Å²) < 4.78 is 13.4. The summed E-state index contributed by atoms with van der Waals surface area (Å²) in [6.45, 7) is 2.81. The van der Waals surface area contributed by atoms with Gasteiger partial charge in [-0.05, 0) is 30.4 Å². The summed E-state index contributed by atoms with van der Waals surface area (Å²) in [5.41, 5.74) is -0.0209. The molecular weight excluding hydrogens is 235 g/mol.